The van der Waals surface area contributed by atoms with Gasteiger partial charge in [-0.15, -0.1) is 0 Å². The van der Waals surface area contributed by atoms with Crippen LogP contribution in [0.5, 0.6) is 0 Å². The second-order valence-electron chi connectivity index (χ2n) is 4.28. The van der Waals surface area contributed by atoms with Gasteiger partial charge in [0.15, 0.2) is 0 Å². The molecule has 0 radical (unpaired) electrons. The summed E-state index contributed by atoms with van der Waals surface area (Å²) in [4.78, 5) is 0. The molecule has 0 bridgehead atoms. The Morgan fingerprint density at radius 2 is 1.84 bits per heavy atom. The van der Waals surface area contributed by atoms with Crippen molar-refractivity contribution in [2.24, 2.45) is 0 Å². The molecular formula is C15H24O3Si. The molecule has 3 nitrogen and oxygen atoms in total. The van der Waals surface area contributed by atoms with Crippen molar-refractivity contribution in [2.75, 3.05) is 19.8 Å². The average molecular weight is 280 g/mol. The molecule has 0 amide bonds. The third-order valence-electron chi connectivity index (χ3n) is 2.75. The monoisotopic (exact) mass is 280 g/mol. The molecule has 19 heavy (non-hydrogen) atoms. The van der Waals surface area contributed by atoms with Crippen molar-refractivity contribution in [3.63, 3.8) is 0 Å². The van der Waals surface area contributed by atoms with Gasteiger partial charge < -0.3 is 13.3 Å². The van der Waals surface area contributed by atoms with E-state index < -0.39 is 8.80 Å². The van der Waals surface area contributed by atoms with Crippen LogP contribution >= 0.6 is 0 Å². The predicted molar refractivity (Wildman–Crippen MR) is 81.1 cm³/mol. The molecule has 106 valence electrons. The van der Waals surface area contributed by atoms with E-state index in [0.29, 0.717) is 19.8 Å². The second kappa shape index (κ2) is 8.27. The van der Waals surface area contributed by atoms with Crippen molar-refractivity contribution < 1.29 is 13.3 Å². The van der Waals surface area contributed by atoms with E-state index >= 15 is 0 Å². The number of rotatable bonds is 9. The molecule has 1 aromatic rings. The molecule has 0 aliphatic heterocycles. The van der Waals surface area contributed by atoms with Crippen LogP contribution in [0.2, 0.25) is 6.55 Å². The van der Waals surface area contributed by atoms with Gasteiger partial charge in [0.2, 0.25) is 0 Å². The van der Waals surface area contributed by atoms with Crippen LogP contribution in [-0.2, 0) is 19.7 Å². The van der Waals surface area contributed by atoms with Crippen molar-refractivity contribution in [1.29, 1.82) is 0 Å². The van der Waals surface area contributed by atoms with Crippen molar-refractivity contribution in [1.82, 2.24) is 0 Å². The van der Waals surface area contributed by atoms with Crippen LogP contribution in [0.4, 0.5) is 0 Å². The topological polar surface area (TPSA) is 27.7 Å². The minimum Gasteiger partial charge on any atom is -0.374 e. The van der Waals surface area contributed by atoms with Crippen molar-refractivity contribution in [2.45, 2.75) is 26.8 Å². The highest BCUT2D eigenvalue weighted by atomic mass is 28.4. The molecule has 0 unspecified atom stereocenters. The highest BCUT2D eigenvalue weighted by molar-refractivity contribution is 6.59. The molecule has 0 aromatic heterocycles. The summed E-state index contributed by atoms with van der Waals surface area (Å²) in [7, 11) is -2.45. The zero-order valence-electron chi connectivity index (χ0n) is 12.1. The lowest BCUT2D eigenvalue weighted by Crippen LogP contribution is -2.43. The van der Waals surface area contributed by atoms with E-state index in [9.17, 15) is 0 Å². The van der Waals surface area contributed by atoms with Gasteiger partial charge in [0, 0.05) is 26.4 Å². The SMILES string of the molecule is C=Cc1cccc(CCO[Si](C)(OCC)OCC)c1. The quantitative estimate of drug-likeness (QED) is 0.648. The van der Waals surface area contributed by atoms with Crippen LogP contribution in [0.3, 0.4) is 0 Å². The fraction of sp³-hybridized carbons (Fsp3) is 0.467. The molecule has 0 heterocycles. The van der Waals surface area contributed by atoms with Gasteiger partial charge in [-0.1, -0.05) is 36.9 Å². The molecule has 0 aliphatic rings. The molecule has 0 aliphatic carbocycles. The summed E-state index contributed by atoms with van der Waals surface area (Å²) in [6.45, 7) is 11.5. The number of benzene rings is 1. The van der Waals surface area contributed by atoms with E-state index in [1.807, 2.05) is 38.6 Å². The number of hydrogen-bond acceptors (Lipinski definition) is 3. The Bertz CT molecular complexity index is 387. The van der Waals surface area contributed by atoms with Crippen molar-refractivity contribution in [3.05, 3.63) is 42.0 Å². The van der Waals surface area contributed by atoms with Gasteiger partial charge in [-0.05, 0) is 31.4 Å². The van der Waals surface area contributed by atoms with E-state index in [-0.39, 0.29) is 0 Å². The Balaban J connectivity index is 2.48. The second-order valence-corrected chi connectivity index (χ2v) is 6.87. The van der Waals surface area contributed by atoms with Crippen LogP contribution in [0.1, 0.15) is 25.0 Å². The predicted octanol–water partition coefficient (Wildman–Crippen LogP) is 3.53. The fourth-order valence-corrected chi connectivity index (χ4v) is 3.65. The van der Waals surface area contributed by atoms with Crippen molar-refractivity contribution >= 4 is 14.9 Å². The fourth-order valence-electron chi connectivity index (χ4n) is 1.88. The highest BCUT2D eigenvalue weighted by Crippen LogP contribution is 2.12. The molecule has 4 heteroatoms. The Hall–Kier alpha value is -0.943. The van der Waals surface area contributed by atoms with Crippen LogP contribution in [0.25, 0.3) is 6.08 Å². The first-order valence-corrected chi connectivity index (χ1v) is 8.99. The van der Waals surface area contributed by atoms with Gasteiger partial charge in [0.25, 0.3) is 0 Å². The van der Waals surface area contributed by atoms with Crippen LogP contribution in [0.15, 0.2) is 30.8 Å². The third-order valence-corrected chi connectivity index (χ3v) is 5.11. The normalized spacial score (nSPS) is 11.5. The summed E-state index contributed by atoms with van der Waals surface area (Å²) < 4.78 is 17.1. The molecule has 0 spiro atoms. The summed E-state index contributed by atoms with van der Waals surface area (Å²) in [5.41, 5.74) is 2.37. The van der Waals surface area contributed by atoms with Gasteiger partial charge in [-0.25, -0.2) is 0 Å². The van der Waals surface area contributed by atoms with E-state index in [4.69, 9.17) is 13.3 Å². The minimum absolute atomic E-state index is 0.614. The molecule has 0 saturated carbocycles. The first-order valence-electron chi connectivity index (χ1n) is 6.76. The van der Waals surface area contributed by atoms with Gasteiger partial charge in [0.05, 0.1) is 0 Å². The standard InChI is InChI=1S/C15H24O3Si/c1-5-14-9-8-10-15(13-14)11-12-18-19(4,16-6-2)17-7-3/h5,8-10,13H,1,6-7,11-12H2,2-4H3. The van der Waals surface area contributed by atoms with Crippen LogP contribution < -0.4 is 0 Å². The Labute approximate surface area is 117 Å². The van der Waals surface area contributed by atoms with Gasteiger partial charge >= 0.3 is 8.80 Å². The summed E-state index contributed by atoms with van der Waals surface area (Å²) in [5.74, 6) is 0. The molecule has 0 fully saturated rings. The van der Waals surface area contributed by atoms with Crippen LogP contribution in [0, 0.1) is 0 Å². The lowest BCUT2D eigenvalue weighted by Gasteiger charge is -2.25. The molecule has 0 saturated heterocycles. The molecule has 0 atom stereocenters. The lowest BCUT2D eigenvalue weighted by atomic mass is 10.1. The first kappa shape index (κ1) is 16.1. The van der Waals surface area contributed by atoms with Crippen molar-refractivity contribution in [3.8, 4) is 0 Å². The van der Waals surface area contributed by atoms with Gasteiger partial charge in [0.1, 0.15) is 0 Å². The maximum absolute atomic E-state index is 5.86. The van der Waals surface area contributed by atoms with Gasteiger partial charge in [-0.2, -0.15) is 0 Å². The maximum atomic E-state index is 5.86. The Kier molecular flexibility index (Phi) is 7.01. The zero-order chi connectivity index (χ0) is 14.1. The minimum atomic E-state index is -2.45. The maximum Gasteiger partial charge on any atom is 0.497 e. The average Bonchev–Trinajstić information content (AvgIpc) is 2.39. The summed E-state index contributed by atoms with van der Waals surface area (Å²) in [5, 5.41) is 0. The smallest absolute Gasteiger partial charge is 0.374 e. The largest absolute Gasteiger partial charge is 0.497 e. The van der Waals surface area contributed by atoms with E-state index in [1.165, 1.54) is 5.56 Å². The van der Waals surface area contributed by atoms with Gasteiger partial charge in [-0.3, -0.25) is 0 Å². The highest BCUT2D eigenvalue weighted by Gasteiger charge is 2.33. The summed E-state index contributed by atoms with van der Waals surface area (Å²) in [6.07, 6.45) is 2.70. The van der Waals surface area contributed by atoms with Crippen LogP contribution in [-0.4, -0.2) is 28.6 Å². The lowest BCUT2D eigenvalue weighted by molar-refractivity contribution is 0.0748. The summed E-state index contributed by atoms with van der Waals surface area (Å²) in [6, 6.07) is 8.29. The Morgan fingerprint density at radius 3 is 2.42 bits per heavy atom. The molecule has 1 aromatic carbocycles. The number of hydrogen-bond donors (Lipinski definition) is 0. The summed E-state index contributed by atoms with van der Waals surface area (Å²) >= 11 is 0. The first-order chi connectivity index (χ1) is 9.13. The Morgan fingerprint density at radius 1 is 1.16 bits per heavy atom. The molecule has 0 N–H and O–H groups in total. The van der Waals surface area contributed by atoms with E-state index in [2.05, 4.69) is 18.7 Å². The molecular weight excluding hydrogens is 256 g/mol. The third kappa shape index (κ3) is 5.70. The van der Waals surface area contributed by atoms with E-state index in [1.54, 1.807) is 0 Å². The van der Waals surface area contributed by atoms with E-state index in [0.717, 1.165) is 12.0 Å². The molecule has 1 rings (SSSR count). The zero-order valence-corrected chi connectivity index (χ0v) is 13.1.